The van der Waals surface area contributed by atoms with Gasteiger partial charge in [0.2, 0.25) is 0 Å². The molecular formula is C16H22O. The number of hydrogen-bond donors (Lipinski definition) is 0. The van der Waals surface area contributed by atoms with Gasteiger partial charge in [-0.2, -0.15) is 0 Å². The summed E-state index contributed by atoms with van der Waals surface area (Å²) in [5.41, 5.74) is 1.66. The minimum absolute atomic E-state index is 0.154. The van der Waals surface area contributed by atoms with Crippen LogP contribution in [0, 0.1) is 0 Å². The summed E-state index contributed by atoms with van der Waals surface area (Å²) in [4.78, 5) is 12.0. The van der Waals surface area contributed by atoms with Crippen LogP contribution >= 0.6 is 0 Å². The highest BCUT2D eigenvalue weighted by Crippen LogP contribution is 2.10. The lowest BCUT2D eigenvalue weighted by atomic mass is 10.0. The Hall–Kier alpha value is -1.37. The van der Waals surface area contributed by atoms with Crippen molar-refractivity contribution in [2.75, 3.05) is 0 Å². The molecule has 0 saturated carbocycles. The first-order chi connectivity index (χ1) is 8.25. The van der Waals surface area contributed by atoms with E-state index in [0.717, 1.165) is 17.6 Å². The number of rotatable bonds is 7. The maximum atomic E-state index is 12.0. The minimum Gasteiger partial charge on any atom is -0.289 e. The predicted octanol–water partition coefficient (Wildman–Crippen LogP) is 4.79. The van der Waals surface area contributed by atoms with E-state index in [1.54, 1.807) is 0 Å². The highest BCUT2D eigenvalue weighted by molar-refractivity contribution is 6.08. The zero-order valence-corrected chi connectivity index (χ0v) is 10.9. The van der Waals surface area contributed by atoms with Gasteiger partial charge in [0.15, 0.2) is 5.78 Å². The summed E-state index contributed by atoms with van der Waals surface area (Å²) in [6.07, 6.45) is 8.09. The van der Waals surface area contributed by atoms with E-state index in [1.165, 1.54) is 25.7 Å². The van der Waals surface area contributed by atoms with Crippen LogP contribution in [0.25, 0.3) is 0 Å². The van der Waals surface area contributed by atoms with E-state index in [1.807, 2.05) is 37.3 Å². The molecule has 0 bridgehead atoms. The fourth-order valence-electron chi connectivity index (χ4n) is 1.80. The quantitative estimate of drug-likeness (QED) is 0.374. The molecule has 0 N–H and O–H groups in total. The van der Waals surface area contributed by atoms with Gasteiger partial charge in [0.25, 0.3) is 0 Å². The molecule has 92 valence electrons. The molecule has 0 heterocycles. The lowest BCUT2D eigenvalue weighted by Crippen LogP contribution is -2.00. The zero-order chi connectivity index (χ0) is 12.5. The Morgan fingerprint density at radius 2 is 1.82 bits per heavy atom. The van der Waals surface area contributed by atoms with Crippen LogP contribution < -0.4 is 0 Å². The van der Waals surface area contributed by atoms with Gasteiger partial charge in [0, 0.05) is 5.56 Å². The van der Waals surface area contributed by atoms with Gasteiger partial charge in [0.05, 0.1) is 0 Å². The third kappa shape index (κ3) is 4.99. The molecule has 0 spiro atoms. The summed E-state index contributed by atoms with van der Waals surface area (Å²) >= 11 is 0. The summed E-state index contributed by atoms with van der Waals surface area (Å²) < 4.78 is 0. The van der Waals surface area contributed by atoms with Crippen molar-refractivity contribution >= 4 is 5.78 Å². The first-order valence-electron chi connectivity index (χ1n) is 6.52. The molecular weight excluding hydrogens is 208 g/mol. The molecule has 0 radical (unpaired) electrons. The van der Waals surface area contributed by atoms with Crippen molar-refractivity contribution in [3.63, 3.8) is 0 Å². The number of ketones is 1. The largest absolute Gasteiger partial charge is 0.289 e. The molecule has 0 aliphatic carbocycles. The smallest absolute Gasteiger partial charge is 0.188 e. The highest BCUT2D eigenvalue weighted by Gasteiger charge is 2.06. The van der Waals surface area contributed by atoms with Crippen molar-refractivity contribution in [1.29, 1.82) is 0 Å². The van der Waals surface area contributed by atoms with E-state index < -0.39 is 0 Å². The first-order valence-corrected chi connectivity index (χ1v) is 6.52. The van der Waals surface area contributed by atoms with Crippen LogP contribution in [0.4, 0.5) is 0 Å². The molecule has 0 aromatic heterocycles. The lowest BCUT2D eigenvalue weighted by Gasteiger charge is -2.01. The van der Waals surface area contributed by atoms with Crippen molar-refractivity contribution in [3.8, 4) is 0 Å². The number of carbonyl (C=O) groups excluding carboxylic acids is 1. The Balaban J connectivity index is 2.44. The van der Waals surface area contributed by atoms with Crippen LogP contribution in [0.5, 0.6) is 0 Å². The standard InChI is InChI=1S/C16H22O/c1-3-4-5-6-8-11-14(2)16(17)15-12-9-7-10-13-15/h7,9-13H,3-6,8H2,1-2H3/b14-11+. The van der Waals surface area contributed by atoms with Gasteiger partial charge in [-0.3, -0.25) is 4.79 Å². The molecule has 0 aliphatic rings. The molecule has 1 nitrogen and oxygen atoms in total. The second-order valence-electron chi connectivity index (χ2n) is 4.43. The average molecular weight is 230 g/mol. The zero-order valence-electron chi connectivity index (χ0n) is 10.9. The Labute approximate surface area is 105 Å². The number of allylic oxidation sites excluding steroid dienone is 2. The monoisotopic (exact) mass is 230 g/mol. The number of Topliss-reactive ketones (excluding diaryl/α,β-unsaturated/α-hetero) is 1. The fourth-order valence-corrected chi connectivity index (χ4v) is 1.80. The van der Waals surface area contributed by atoms with Crippen molar-refractivity contribution in [1.82, 2.24) is 0 Å². The second-order valence-corrected chi connectivity index (χ2v) is 4.43. The van der Waals surface area contributed by atoms with E-state index in [0.29, 0.717) is 0 Å². The van der Waals surface area contributed by atoms with Crippen LogP contribution in [0.3, 0.4) is 0 Å². The van der Waals surface area contributed by atoms with Crippen LogP contribution in [0.1, 0.15) is 56.3 Å². The number of carbonyl (C=O) groups is 1. The number of benzene rings is 1. The van der Waals surface area contributed by atoms with Crippen molar-refractivity contribution in [2.24, 2.45) is 0 Å². The van der Waals surface area contributed by atoms with Crippen LogP contribution in [-0.2, 0) is 0 Å². The van der Waals surface area contributed by atoms with E-state index in [2.05, 4.69) is 13.0 Å². The van der Waals surface area contributed by atoms with Crippen molar-refractivity contribution < 1.29 is 4.79 Å². The van der Waals surface area contributed by atoms with Gasteiger partial charge in [0.1, 0.15) is 0 Å². The molecule has 0 amide bonds. The summed E-state index contributed by atoms with van der Waals surface area (Å²) in [7, 11) is 0. The SMILES string of the molecule is CCCCCC/C=C(\C)C(=O)c1ccccc1. The second kappa shape index (κ2) is 7.83. The van der Waals surface area contributed by atoms with Gasteiger partial charge in [-0.1, -0.05) is 62.6 Å². The Morgan fingerprint density at radius 1 is 1.12 bits per heavy atom. The van der Waals surface area contributed by atoms with E-state index in [4.69, 9.17) is 0 Å². The minimum atomic E-state index is 0.154. The Morgan fingerprint density at radius 3 is 2.47 bits per heavy atom. The van der Waals surface area contributed by atoms with E-state index in [-0.39, 0.29) is 5.78 Å². The van der Waals surface area contributed by atoms with Gasteiger partial charge in [-0.15, -0.1) is 0 Å². The molecule has 1 aromatic rings. The van der Waals surface area contributed by atoms with E-state index >= 15 is 0 Å². The molecule has 17 heavy (non-hydrogen) atoms. The fraction of sp³-hybridized carbons (Fsp3) is 0.438. The first kappa shape index (κ1) is 13.7. The third-order valence-corrected chi connectivity index (χ3v) is 2.90. The maximum absolute atomic E-state index is 12.0. The summed E-state index contributed by atoms with van der Waals surface area (Å²) in [5, 5.41) is 0. The van der Waals surface area contributed by atoms with Crippen LogP contribution in [0.15, 0.2) is 42.0 Å². The van der Waals surface area contributed by atoms with Crippen molar-refractivity contribution in [3.05, 3.63) is 47.5 Å². The molecule has 1 aromatic carbocycles. The number of unbranched alkanes of at least 4 members (excludes halogenated alkanes) is 4. The molecule has 0 aliphatic heterocycles. The molecule has 1 heteroatoms. The molecule has 1 rings (SSSR count). The van der Waals surface area contributed by atoms with Gasteiger partial charge in [-0.05, 0) is 25.3 Å². The van der Waals surface area contributed by atoms with Crippen LogP contribution in [-0.4, -0.2) is 5.78 Å². The lowest BCUT2D eigenvalue weighted by molar-refractivity contribution is 0.103. The number of hydrogen-bond acceptors (Lipinski definition) is 1. The summed E-state index contributed by atoms with van der Waals surface area (Å²) in [5.74, 6) is 0.154. The normalized spacial score (nSPS) is 11.5. The summed E-state index contributed by atoms with van der Waals surface area (Å²) in [6.45, 7) is 4.12. The van der Waals surface area contributed by atoms with Crippen LogP contribution in [0.2, 0.25) is 0 Å². The van der Waals surface area contributed by atoms with E-state index in [9.17, 15) is 4.79 Å². The highest BCUT2D eigenvalue weighted by atomic mass is 16.1. The molecule has 0 fully saturated rings. The average Bonchev–Trinajstić information content (AvgIpc) is 2.38. The van der Waals surface area contributed by atoms with Crippen molar-refractivity contribution in [2.45, 2.75) is 46.0 Å². The van der Waals surface area contributed by atoms with Gasteiger partial charge < -0.3 is 0 Å². The topological polar surface area (TPSA) is 17.1 Å². The maximum Gasteiger partial charge on any atom is 0.188 e. The summed E-state index contributed by atoms with van der Waals surface area (Å²) in [6, 6.07) is 9.48. The third-order valence-electron chi connectivity index (χ3n) is 2.90. The molecule has 0 atom stereocenters. The Bertz CT molecular complexity index is 362. The predicted molar refractivity (Wildman–Crippen MR) is 73.3 cm³/mol. The van der Waals surface area contributed by atoms with Gasteiger partial charge >= 0.3 is 0 Å². The Kier molecular flexibility index (Phi) is 6.31. The van der Waals surface area contributed by atoms with Gasteiger partial charge in [-0.25, -0.2) is 0 Å². The molecule has 0 unspecified atom stereocenters. The molecule has 0 saturated heterocycles.